The molecule has 2 amide bonds. The summed E-state index contributed by atoms with van der Waals surface area (Å²) in [5.41, 5.74) is 0.0879. The van der Waals surface area contributed by atoms with Crippen LogP contribution in [0.4, 0.5) is 4.79 Å². The van der Waals surface area contributed by atoms with Gasteiger partial charge < -0.3 is 19.9 Å². The van der Waals surface area contributed by atoms with E-state index in [-0.39, 0.29) is 17.6 Å². The first-order chi connectivity index (χ1) is 9.62. The van der Waals surface area contributed by atoms with E-state index in [2.05, 4.69) is 10.1 Å². The van der Waals surface area contributed by atoms with Crippen LogP contribution in [-0.4, -0.2) is 61.6 Å². The molecule has 1 aliphatic rings. The molecular formula is C13H20N4O3. The van der Waals surface area contributed by atoms with E-state index in [1.54, 1.807) is 11.1 Å². The first-order valence-corrected chi connectivity index (χ1v) is 6.59. The second-order valence-corrected chi connectivity index (χ2v) is 4.40. The number of carbonyl (C=O) groups excluding carboxylic acids is 2. The fourth-order valence-corrected chi connectivity index (χ4v) is 1.82. The SMILES string of the molecule is CCCNC(=O)/C(C#N)=C\N1CCN(C(=O)OC)CC1. The zero-order valence-electron chi connectivity index (χ0n) is 11.9. The predicted molar refractivity (Wildman–Crippen MR) is 72.5 cm³/mol. The van der Waals surface area contributed by atoms with Crippen LogP contribution in [-0.2, 0) is 9.53 Å². The molecule has 0 saturated carbocycles. The summed E-state index contributed by atoms with van der Waals surface area (Å²) in [5.74, 6) is -0.357. The van der Waals surface area contributed by atoms with Gasteiger partial charge in [-0.25, -0.2) is 4.79 Å². The topological polar surface area (TPSA) is 85.7 Å². The van der Waals surface area contributed by atoms with Gasteiger partial charge in [0, 0.05) is 38.9 Å². The van der Waals surface area contributed by atoms with Crippen molar-refractivity contribution in [3.8, 4) is 6.07 Å². The molecule has 20 heavy (non-hydrogen) atoms. The van der Waals surface area contributed by atoms with Gasteiger partial charge in [-0.1, -0.05) is 6.92 Å². The molecule has 0 spiro atoms. The molecule has 0 aromatic rings. The molecule has 1 aliphatic heterocycles. The van der Waals surface area contributed by atoms with Gasteiger partial charge in [-0.3, -0.25) is 4.79 Å². The van der Waals surface area contributed by atoms with Gasteiger partial charge in [0.15, 0.2) is 0 Å². The maximum Gasteiger partial charge on any atom is 0.409 e. The van der Waals surface area contributed by atoms with Crippen molar-refractivity contribution in [1.82, 2.24) is 15.1 Å². The summed E-state index contributed by atoms with van der Waals surface area (Å²) in [5, 5.41) is 11.7. The van der Waals surface area contributed by atoms with Gasteiger partial charge in [0.2, 0.25) is 0 Å². The minimum atomic E-state index is -0.357. The highest BCUT2D eigenvalue weighted by molar-refractivity contribution is 5.97. The van der Waals surface area contributed by atoms with Crippen LogP contribution < -0.4 is 5.32 Å². The molecule has 1 saturated heterocycles. The molecule has 110 valence electrons. The van der Waals surface area contributed by atoms with Gasteiger partial charge >= 0.3 is 6.09 Å². The minimum Gasteiger partial charge on any atom is -0.453 e. The van der Waals surface area contributed by atoms with Crippen molar-refractivity contribution < 1.29 is 14.3 Å². The summed E-state index contributed by atoms with van der Waals surface area (Å²) in [7, 11) is 1.35. The Bertz CT molecular complexity index is 420. The average Bonchev–Trinajstić information content (AvgIpc) is 2.50. The monoisotopic (exact) mass is 280 g/mol. The van der Waals surface area contributed by atoms with Gasteiger partial charge in [-0.15, -0.1) is 0 Å². The second-order valence-electron chi connectivity index (χ2n) is 4.40. The van der Waals surface area contributed by atoms with Crippen LogP contribution in [0.25, 0.3) is 0 Å². The quantitative estimate of drug-likeness (QED) is 0.591. The summed E-state index contributed by atoms with van der Waals surface area (Å²) in [6.45, 7) is 4.66. The molecule has 0 aliphatic carbocycles. The molecule has 7 heteroatoms. The summed E-state index contributed by atoms with van der Waals surface area (Å²) in [4.78, 5) is 26.5. The number of hydrogen-bond donors (Lipinski definition) is 1. The molecule has 0 atom stereocenters. The number of piperazine rings is 1. The molecule has 0 aromatic carbocycles. The van der Waals surface area contributed by atoms with Crippen molar-refractivity contribution >= 4 is 12.0 Å². The van der Waals surface area contributed by atoms with E-state index >= 15 is 0 Å². The summed E-state index contributed by atoms with van der Waals surface area (Å²) < 4.78 is 4.65. The van der Waals surface area contributed by atoms with Crippen molar-refractivity contribution in [2.75, 3.05) is 39.8 Å². The van der Waals surface area contributed by atoms with Crippen molar-refractivity contribution in [1.29, 1.82) is 5.26 Å². The number of hydrogen-bond acceptors (Lipinski definition) is 5. The van der Waals surface area contributed by atoms with E-state index in [1.807, 2.05) is 17.9 Å². The van der Waals surface area contributed by atoms with Gasteiger partial charge in [0.05, 0.1) is 7.11 Å². The third kappa shape index (κ3) is 4.46. The Balaban J connectivity index is 2.55. The molecular weight excluding hydrogens is 260 g/mol. The lowest BCUT2D eigenvalue weighted by Gasteiger charge is -2.33. The highest BCUT2D eigenvalue weighted by Crippen LogP contribution is 2.06. The molecule has 1 rings (SSSR count). The van der Waals surface area contributed by atoms with Crippen LogP contribution in [0.5, 0.6) is 0 Å². The van der Waals surface area contributed by atoms with E-state index in [4.69, 9.17) is 5.26 Å². The molecule has 1 fully saturated rings. The zero-order chi connectivity index (χ0) is 15.0. The molecule has 1 heterocycles. The smallest absolute Gasteiger partial charge is 0.409 e. The van der Waals surface area contributed by atoms with Crippen LogP contribution in [0.2, 0.25) is 0 Å². The third-order valence-electron chi connectivity index (χ3n) is 2.96. The molecule has 0 bridgehead atoms. The van der Waals surface area contributed by atoms with Crippen molar-refractivity contribution in [2.24, 2.45) is 0 Å². The van der Waals surface area contributed by atoms with E-state index in [1.165, 1.54) is 7.11 Å². The zero-order valence-corrected chi connectivity index (χ0v) is 11.9. The Hall–Kier alpha value is -2.23. The molecule has 0 aromatic heterocycles. The van der Waals surface area contributed by atoms with E-state index < -0.39 is 0 Å². The number of nitrogens with one attached hydrogen (secondary N) is 1. The Labute approximate surface area is 118 Å². The lowest BCUT2D eigenvalue weighted by atomic mass is 10.2. The number of nitriles is 1. The van der Waals surface area contributed by atoms with Gasteiger partial charge in [0.1, 0.15) is 11.6 Å². The molecule has 0 unspecified atom stereocenters. The fourth-order valence-electron chi connectivity index (χ4n) is 1.82. The molecule has 1 N–H and O–H groups in total. The van der Waals surface area contributed by atoms with Crippen LogP contribution in [0, 0.1) is 11.3 Å². The first kappa shape index (κ1) is 15.8. The highest BCUT2D eigenvalue weighted by Gasteiger charge is 2.21. The summed E-state index contributed by atoms with van der Waals surface area (Å²) >= 11 is 0. The largest absolute Gasteiger partial charge is 0.453 e. The average molecular weight is 280 g/mol. The second kappa shape index (κ2) is 8.04. The summed E-state index contributed by atoms with van der Waals surface area (Å²) in [6, 6.07) is 1.91. The van der Waals surface area contributed by atoms with E-state index in [9.17, 15) is 9.59 Å². The standard InChI is InChI=1S/C13H20N4O3/c1-3-4-15-12(18)11(9-14)10-16-5-7-17(8-6-16)13(19)20-2/h10H,3-8H2,1-2H3,(H,15,18)/b11-10-. The lowest BCUT2D eigenvalue weighted by Crippen LogP contribution is -2.47. The minimum absolute atomic E-state index is 0.0879. The number of ether oxygens (including phenoxy) is 1. The molecule has 7 nitrogen and oxygen atoms in total. The van der Waals surface area contributed by atoms with E-state index in [0.717, 1.165) is 6.42 Å². The Kier molecular flexibility index (Phi) is 6.37. The number of amides is 2. The summed E-state index contributed by atoms with van der Waals surface area (Å²) in [6.07, 6.45) is 2.02. The highest BCUT2D eigenvalue weighted by atomic mass is 16.5. The number of methoxy groups -OCH3 is 1. The molecule has 0 radical (unpaired) electrons. The van der Waals surface area contributed by atoms with Crippen LogP contribution in [0.15, 0.2) is 11.8 Å². The van der Waals surface area contributed by atoms with E-state index in [0.29, 0.717) is 32.7 Å². The van der Waals surface area contributed by atoms with Crippen LogP contribution >= 0.6 is 0 Å². The van der Waals surface area contributed by atoms with Gasteiger partial charge in [-0.05, 0) is 6.42 Å². The first-order valence-electron chi connectivity index (χ1n) is 6.59. The lowest BCUT2D eigenvalue weighted by molar-refractivity contribution is -0.117. The Morgan fingerprint density at radius 2 is 2.00 bits per heavy atom. The van der Waals surface area contributed by atoms with Crippen molar-refractivity contribution in [3.05, 3.63) is 11.8 Å². The maximum absolute atomic E-state index is 11.7. The third-order valence-corrected chi connectivity index (χ3v) is 2.96. The maximum atomic E-state index is 11.7. The van der Waals surface area contributed by atoms with Crippen LogP contribution in [0.1, 0.15) is 13.3 Å². The fraction of sp³-hybridized carbons (Fsp3) is 0.615. The van der Waals surface area contributed by atoms with Gasteiger partial charge in [0.25, 0.3) is 5.91 Å². The predicted octanol–water partition coefficient (Wildman–Crippen LogP) is 0.304. The normalized spacial score (nSPS) is 15.6. The van der Waals surface area contributed by atoms with Gasteiger partial charge in [-0.2, -0.15) is 5.26 Å². The van der Waals surface area contributed by atoms with Crippen molar-refractivity contribution in [3.63, 3.8) is 0 Å². The number of carbonyl (C=O) groups is 2. The Morgan fingerprint density at radius 1 is 1.35 bits per heavy atom. The number of nitrogens with zero attached hydrogens (tertiary/aromatic N) is 3. The van der Waals surface area contributed by atoms with Crippen LogP contribution in [0.3, 0.4) is 0 Å². The number of rotatable bonds is 4. The van der Waals surface area contributed by atoms with Crippen molar-refractivity contribution in [2.45, 2.75) is 13.3 Å². The Morgan fingerprint density at radius 3 is 2.50 bits per heavy atom.